The maximum absolute atomic E-state index is 2.70. The molecule has 0 saturated heterocycles. The van der Waals surface area contributed by atoms with Gasteiger partial charge in [0.2, 0.25) is 0 Å². The zero-order valence-corrected chi connectivity index (χ0v) is 46.0. The molecule has 0 aliphatic rings. The Morgan fingerprint density at radius 3 is 0.625 bits per heavy atom. The normalized spacial score (nSPS) is 13.7. The molecule has 0 unspecified atom stereocenters. The van der Waals surface area contributed by atoms with Crippen molar-refractivity contribution in [2.75, 3.05) is 0 Å². The summed E-state index contributed by atoms with van der Waals surface area (Å²) in [5.74, 6) is 0. The third-order valence-electron chi connectivity index (χ3n) is 14.7. The lowest BCUT2D eigenvalue weighted by Gasteiger charge is -2.34. The molecule has 0 fully saturated rings. The minimum atomic E-state index is -1.50. The van der Waals surface area contributed by atoms with Gasteiger partial charge in [-0.3, -0.25) is 0 Å². The number of hydrogen-bond acceptors (Lipinski definition) is 0. The lowest BCUT2D eigenvalue weighted by Crippen LogP contribution is -2.45. The van der Waals surface area contributed by atoms with Gasteiger partial charge in [-0.25, -0.2) is 0 Å². The number of benzene rings is 3. The first kappa shape index (κ1) is 49.3. The standard InChI is InChI=1S/C50H90Si6/c1-17-38-51(5,6)44-23-29-47(30-24-44)54(11,12)41-20-35-50(4,36-21-42-55(13,14)48-31-25-45(26-32-48)52(7,8)39-18-2)37-22-43-56(15,16)49-33-27-46(28-34-49)53(9,10)40-19-3/h23-34H,17-22,35-43H2,1-16H3. The molecule has 0 heterocycles. The fourth-order valence-corrected chi connectivity index (χ4v) is 25.2. The highest BCUT2D eigenvalue weighted by molar-refractivity contribution is 6.93. The van der Waals surface area contributed by atoms with E-state index in [2.05, 4.69) is 179 Å². The van der Waals surface area contributed by atoms with Crippen LogP contribution in [0.15, 0.2) is 72.8 Å². The topological polar surface area (TPSA) is 0 Å². The molecule has 0 aliphatic heterocycles. The van der Waals surface area contributed by atoms with Crippen LogP contribution in [-0.4, -0.2) is 48.4 Å². The summed E-state index contributed by atoms with van der Waals surface area (Å²) in [6.45, 7) is 40.9. The summed E-state index contributed by atoms with van der Waals surface area (Å²) in [5.41, 5.74) is 0.429. The first-order chi connectivity index (χ1) is 25.9. The second-order valence-corrected chi connectivity index (χ2v) is 51.7. The van der Waals surface area contributed by atoms with Crippen LogP contribution in [0.2, 0.25) is 115 Å². The third-order valence-corrected chi connectivity index (χ3v) is 36.2. The van der Waals surface area contributed by atoms with Crippen molar-refractivity contribution >= 4 is 79.6 Å². The summed E-state index contributed by atoms with van der Waals surface area (Å²) in [4.78, 5) is 0. The summed E-state index contributed by atoms with van der Waals surface area (Å²) < 4.78 is 0. The van der Waals surface area contributed by atoms with Gasteiger partial charge in [0, 0.05) is 0 Å². The molecule has 3 rings (SSSR count). The fourth-order valence-electron chi connectivity index (χ4n) is 10.1. The van der Waals surface area contributed by atoms with Crippen LogP contribution >= 0.6 is 0 Å². The van der Waals surface area contributed by atoms with Crippen LogP contribution in [0.1, 0.15) is 85.5 Å². The van der Waals surface area contributed by atoms with Crippen molar-refractivity contribution < 1.29 is 0 Å². The minimum absolute atomic E-state index is 0.429. The van der Waals surface area contributed by atoms with Crippen molar-refractivity contribution in [3.63, 3.8) is 0 Å². The smallest absolute Gasteiger partial charge is 0.0656 e. The van der Waals surface area contributed by atoms with E-state index in [0.29, 0.717) is 5.41 Å². The Kier molecular flexibility index (Phi) is 18.0. The van der Waals surface area contributed by atoms with Crippen molar-refractivity contribution in [3.05, 3.63) is 72.8 Å². The average Bonchev–Trinajstić information content (AvgIpc) is 3.11. The van der Waals surface area contributed by atoms with Crippen molar-refractivity contribution in [2.24, 2.45) is 5.41 Å². The van der Waals surface area contributed by atoms with Crippen LogP contribution in [0.5, 0.6) is 0 Å². The molecule has 0 spiro atoms. The Hall–Kier alpha value is -1.04. The van der Waals surface area contributed by atoms with Crippen LogP contribution in [0.4, 0.5) is 0 Å². The lowest BCUT2D eigenvalue weighted by atomic mass is 9.77. The van der Waals surface area contributed by atoms with E-state index < -0.39 is 48.4 Å². The Morgan fingerprint density at radius 2 is 0.464 bits per heavy atom. The van der Waals surface area contributed by atoms with E-state index in [0.717, 1.165) is 0 Å². The first-order valence-electron chi connectivity index (χ1n) is 23.3. The molecule has 0 saturated carbocycles. The van der Waals surface area contributed by atoms with Gasteiger partial charge in [0.05, 0.1) is 48.4 Å². The van der Waals surface area contributed by atoms with Gasteiger partial charge < -0.3 is 0 Å². The van der Waals surface area contributed by atoms with E-state index in [1.807, 2.05) is 0 Å². The monoisotopic (exact) mass is 859 g/mol. The Morgan fingerprint density at radius 1 is 0.304 bits per heavy atom. The molecule has 0 bridgehead atoms. The molecule has 3 aromatic carbocycles. The van der Waals surface area contributed by atoms with E-state index >= 15 is 0 Å². The fraction of sp³-hybridized carbons (Fsp3) is 0.640. The van der Waals surface area contributed by atoms with Crippen molar-refractivity contribution in [1.29, 1.82) is 0 Å². The summed E-state index contributed by atoms with van der Waals surface area (Å²) in [6.07, 6.45) is 12.2. The Balaban J connectivity index is 1.73. The molecule has 0 atom stereocenters. The highest BCUT2D eigenvalue weighted by atomic mass is 28.3. The Labute approximate surface area is 356 Å². The predicted octanol–water partition coefficient (Wildman–Crippen LogP) is 13.2. The van der Waals surface area contributed by atoms with E-state index in [4.69, 9.17) is 0 Å². The van der Waals surface area contributed by atoms with E-state index in [-0.39, 0.29) is 0 Å². The highest BCUT2D eigenvalue weighted by Crippen LogP contribution is 2.38. The molecular formula is C50H90Si6. The van der Waals surface area contributed by atoms with Crippen LogP contribution < -0.4 is 31.1 Å². The maximum Gasteiger partial charge on any atom is 0.0806 e. The highest BCUT2D eigenvalue weighted by Gasteiger charge is 2.33. The molecule has 0 aromatic heterocycles. The molecular weight excluding hydrogens is 769 g/mol. The molecule has 6 heteroatoms. The molecule has 0 nitrogen and oxygen atoms in total. The maximum atomic E-state index is 2.70. The molecule has 314 valence electrons. The summed E-state index contributed by atoms with van der Waals surface area (Å²) in [6, 6.07) is 38.8. The second kappa shape index (κ2) is 20.5. The van der Waals surface area contributed by atoms with Gasteiger partial charge in [0.25, 0.3) is 0 Å². The van der Waals surface area contributed by atoms with Gasteiger partial charge in [0.1, 0.15) is 0 Å². The van der Waals surface area contributed by atoms with Crippen molar-refractivity contribution in [1.82, 2.24) is 0 Å². The largest absolute Gasteiger partial charge is 0.0806 e. The number of rotatable bonds is 24. The van der Waals surface area contributed by atoms with Gasteiger partial charge in [-0.2, -0.15) is 0 Å². The van der Waals surface area contributed by atoms with Gasteiger partial charge in [-0.1, -0.05) is 285 Å². The summed E-state index contributed by atoms with van der Waals surface area (Å²) >= 11 is 0. The van der Waals surface area contributed by atoms with Gasteiger partial charge in [-0.15, -0.1) is 0 Å². The minimum Gasteiger partial charge on any atom is -0.0656 e. The predicted molar refractivity (Wildman–Crippen MR) is 278 cm³/mol. The van der Waals surface area contributed by atoms with Crippen LogP contribution in [0.3, 0.4) is 0 Å². The molecule has 0 radical (unpaired) electrons. The van der Waals surface area contributed by atoms with Gasteiger partial charge in [0.15, 0.2) is 0 Å². The summed E-state index contributed by atoms with van der Waals surface area (Å²) in [5, 5.41) is 9.95. The Bertz CT molecular complexity index is 1400. The molecule has 3 aromatic rings. The SMILES string of the molecule is CCC[Si](C)(C)c1ccc([Si](C)(C)CCCC(C)(CCC[Si](C)(C)c2ccc([Si](C)(C)CCC)cc2)CCC[Si](C)(C)c2ccc([Si](C)(C)CCC)cc2)cc1. The molecule has 0 amide bonds. The third kappa shape index (κ3) is 14.0. The van der Waals surface area contributed by atoms with Crippen LogP contribution in [0.25, 0.3) is 0 Å². The van der Waals surface area contributed by atoms with E-state index in [1.54, 1.807) is 31.1 Å². The van der Waals surface area contributed by atoms with Gasteiger partial charge in [-0.05, 0) is 24.7 Å². The van der Waals surface area contributed by atoms with Gasteiger partial charge >= 0.3 is 0 Å². The van der Waals surface area contributed by atoms with E-state index in [9.17, 15) is 0 Å². The summed E-state index contributed by atoms with van der Waals surface area (Å²) in [7, 11) is -8.44. The molecule has 56 heavy (non-hydrogen) atoms. The molecule has 0 N–H and O–H groups in total. The zero-order valence-electron chi connectivity index (χ0n) is 40.0. The van der Waals surface area contributed by atoms with Crippen molar-refractivity contribution in [2.45, 2.75) is 200 Å². The van der Waals surface area contributed by atoms with E-state index in [1.165, 1.54) is 94.1 Å². The van der Waals surface area contributed by atoms with Crippen LogP contribution in [-0.2, 0) is 0 Å². The van der Waals surface area contributed by atoms with Crippen LogP contribution in [0, 0.1) is 5.41 Å². The quantitative estimate of drug-likeness (QED) is 0.0788. The number of hydrogen-bond donors (Lipinski definition) is 0. The lowest BCUT2D eigenvalue weighted by molar-refractivity contribution is 0.241. The second-order valence-electron chi connectivity index (χ2n) is 22.7. The first-order valence-corrected chi connectivity index (χ1v) is 42.5. The van der Waals surface area contributed by atoms with Crippen molar-refractivity contribution in [3.8, 4) is 0 Å². The average molecular weight is 860 g/mol. The zero-order chi connectivity index (χ0) is 42.1. The molecule has 0 aliphatic carbocycles.